The number of anilines is 1. The van der Waals surface area contributed by atoms with Gasteiger partial charge in [0.05, 0.1) is 18.1 Å². The number of hydrogen-bond acceptors (Lipinski definition) is 3. The summed E-state index contributed by atoms with van der Waals surface area (Å²) in [5.74, 6) is -0.796. The predicted molar refractivity (Wildman–Crippen MR) is 81.8 cm³/mol. The Bertz CT molecular complexity index is 831. The first-order valence-corrected chi connectivity index (χ1v) is 7.36. The molecular weight excluding hydrogens is 297 g/mol. The lowest BCUT2D eigenvalue weighted by atomic mass is 9.91. The first-order valence-electron chi connectivity index (χ1n) is 7.36. The molecule has 0 bridgehead atoms. The van der Waals surface area contributed by atoms with Gasteiger partial charge in [0.15, 0.2) is 0 Å². The van der Waals surface area contributed by atoms with Crippen molar-refractivity contribution in [2.45, 2.75) is 17.8 Å². The van der Waals surface area contributed by atoms with Crippen molar-refractivity contribution in [3.05, 3.63) is 65.0 Å². The van der Waals surface area contributed by atoms with Crippen LogP contribution in [0, 0.1) is 5.82 Å². The van der Waals surface area contributed by atoms with Crippen LogP contribution in [0.2, 0.25) is 0 Å². The zero-order valence-corrected chi connectivity index (χ0v) is 12.4. The van der Waals surface area contributed by atoms with Crippen LogP contribution in [0.5, 0.6) is 0 Å². The molecule has 1 aliphatic heterocycles. The molecule has 0 saturated heterocycles. The van der Waals surface area contributed by atoms with Gasteiger partial charge in [-0.05, 0) is 47.9 Å². The molecule has 1 N–H and O–H groups in total. The van der Waals surface area contributed by atoms with Gasteiger partial charge in [-0.3, -0.25) is 4.79 Å². The number of rotatable bonds is 2. The summed E-state index contributed by atoms with van der Waals surface area (Å²) in [6.45, 7) is 0. The lowest BCUT2D eigenvalue weighted by Crippen LogP contribution is -2.21. The van der Waals surface area contributed by atoms with Gasteiger partial charge < -0.3 is 10.1 Å². The Kier molecular flexibility index (Phi) is 2.82. The largest absolute Gasteiger partial charge is 0.465 e. The maximum atomic E-state index is 13.1. The fraction of sp³-hybridized carbons (Fsp3) is 0.222. The van der Waals surface area contributed by atoms with E-state index in [-0.39, 0.29) is 17.6 Å². The van der Waals surface area contributed by atoms with Crippen LogP contribution in [-0.2, 0) is 14.9 Å². The van der Waals surface area contributed by atoms with E-state index in [0.717, 1.165) is 16.8 Å². The van der Waals surface area contributed by atoms with Gasteiger partial charge >= 0.3 is 5.97 Å². The SMILES string of the molecule is COC(=O)c1ccc2c(c1)C1(CC1c1ccc(F)cc1)C(=O)N2. The lowest BCUT2D eigenvalue weighted by molar-refractivity contribution is -0.118. The van der Waals surface area contributed by atoms with Gasteiger partial charge in [0.2, 0.25) is 5.91 Å². The molecule has 2 unspecified atom stereocenters. The quantitative estimate of drug-likeness (QED) is 0.868. The number of methoxy groups -OCH3 is 1. The predicted octanol–water partition coefficient (Wildman–Crippen LogP) is 2.99. The second-order valence-corrected chi connectivity index (χ2v) is 5.99. The van der Waals surface area contributed by atoms with Crippen molar-refractivity contribution < 1.29 is 18.7 Å². The minimum absolute atomic E-state index is 0.00255. The second kappa shape index (κ2) is 4.65. The molecule has 1 spiro atoms. The number of halogens is 1. The molecule has 23 heavy (non-hydrogen) atoms. The maximum absolute atomic E-state index is 13.1. The van der Waals surface area contributed by atoms with Gasteiger partial charge in [0.25, 0.3) is 0 Å². The molecule has 0 radical (unpaired) electrons. The van der Waals surface area contributed by atoms with Crippen LogP contribution in [0.4, 0.5) is 10.1 Å². The van der Waals surface area contributed by atoms with Crippen molar-refractivity contribution in [3.63, 3.8) is 0 Å². The average molecular weight is 311 g/mol. The monoisotopic (exact) mass is 311 g/mol. The molecule has 1 fully saturated rings. The highest BCUT2D eigenvalue weighted by molar-refractivity contribution is 6.10. The van der Waals surface area contributed by atoms with Crippen molar-refractivity contribution in [2.24, 2.45) is 0 Å². The topological polar surface area (TPSA) is 55.4 Å². The van der Waals surface area contributed by atoms with Gasteiger partial charge in [-0.1, -0.05) is 12.1 Å². The molecule has 1 aliphatic carbocycles. The Morgan fingerprint density at radius 3 is 2.70 bits per heavy atom. The molecule has 4 rings (SSSR count). The average Bonchev–Trinajstić information content (AvgIpc) is 3.25. The molecule has 1 saturated carbocycles. The Labute approximate surface area is 132 Å². The maximum Gasteiger partial charge on any atom is 0.337 e. The third kappa shape index (κ3) is 1.89. The van der Waals surface area contributed by atoms with Crippen molar-refractivity contribution in [1.82, 2.24) is 0 Å². The molecule has 4 nitrogen and oxygen atoms in total. The summed E-state index contributed by atoms with van der Waals surface area (Å²) in [7, 11) is 1.33. The van der Waals surface area contributed by atoms with E-state index in [1.807, 2.05) is 0 Å². The standard InChI is InChI=1S/C18H14FNO3/c1-23-16(21)11-4-7-15-13(8-11)18(17(22)20-15)9-14(18)10-2-5-12(19)6-3-10/h2-8,14H,9H2,1H3,(H,20,22). The Morgan fingerprint density at radius 2 is 2.00 bits per heavy atom. The van der Waals surface area contributed by atoms with E-state index < -0.39 is 11.4 Å². The molecule has 5 heteroatoms. The smallest absolute Gasteiger partial charge is 0.337 e. The molecule has 1 heterocycles. The van der Waals surface area contributed by atoms with Crippen LogP contribution >= 0.6 is 0 Å². The molecule has 2 aromatic rings. The number of carbonyl (C=O) groups excluding carboxylic acids is 2. The van der Waals surface area contributed by atoms with Gasteiger partial charge in [0.1, 0.15) is 5.82 Å². The highest BCUT2D eigenvalue weighted by atomic mass is 19.1. The Balaban J connectivity index is 1.76. The van der Waals surface area contributed by atoms with Crippen LogP contribution in [0.3, 0.4) is 0 Å². The van der Waals surface area contributed by atoms with Crippen LogP contribution in [0.1, 0.15) is 33.8 Å². The number of benzene rings is 2. The van der Waals surface area contributed by atoms with Crippen molar-refractivity contribution in [3.8, 4) is 0 Å². The van der Waals surface area contributed by atoms with Crippen LogP contribution in [-0.4, -0.2) is 19.0 Å². The molecule has 2 aromatic carbocycles. The van der Waals surface area contributed by atoms with E-state index in [1.54, 1.807) is 30.3 Å². The number of nitrogens with one attached hydrogen (secondary N) is 1. The van der Waals surface area contributed by atoms with E-state index >= 15 is 0 Å². The van der Waals surface area contributed by atoms with E-state index in [2.05, 4.69) is 5.32 Å². The molecule has 2 atom stereocenters. The molecular formula is C18H14FNO3. The highest BCUT2D eigenvalue weighted by Gasteiger charge is 2.65. The molecule has 1 amide bonds. The van der Waals surface area contributed by atoms with E-state index in [4.69, 9.17) is 4.74 Å². The first kappa shape index (κ1) is 13.9. The van der Waals surface area contributed by atoms with Crippen LogP contribution < -0.4 is 5.32 Å². The van der Waals surface area contributed by atoms with Gasteiger partial charge in [0, 0.05) is 11.6 Å². The van der Waals surface area contributed by atoms with Gasteiger partial charge in [-0.25, -0.2) is 9.18 Å². The summed E-state index contributed by atoms with van der Waals surface area (Å²) in [4.78, 5) is 24.3. The van der Waals surface area contributed by atoms with Gasteiger partial charge in [-0.2, -0.15) is 0 Å². The van der Waals surface area contributed by atoms with Gasteiger partial charge in [-0.15, -0.1) is 0 Å². The summed E-state index contributed by atoms with van der Waals surface area (Å²) >= 11 is 0. The van der Waals surface area contributed by atoms with E-state index in [9.17, 15) is 14.0 Å². The summed E-state index contributed by atoms with van der Waals surface area (Å²) in [5, 5.41) is 2.88. The van der Waals surface area contributed by atoms with E-state index in [1.165, 1.54) is 19.2 Å². The number of carbonyl (C=O) groups is 2. The third-order valence-corrected chi connectivity index (χ3v) is 4.81. The lowest BCUT2D eigenvalue weighted by Gasteiger charge is -2.10. The van der Waals surface area contributed by atoms with Crippen LogP contribution in [0.25, 0.3) is 0 Å². The van der Waals surface area contributed by atoms with Crippen LogP contribution in [0.15, 0.2) is 42.5 Å². The summed E-state index contributed by atoms with van der Waals surface area (Å²) in [6, 6.07) is 11.3. The minimum Gasteiger partial charge on any atom is -0.465 e. The second-order valence-electron chi connectivity index (χ2n) is 5.99. The molecule has 116 valence electrons. The Morgan fingerprint density at radius 1 is 1.26 bits per heavy atom. The minimum atomic E-state index is -0.656. The summed E-state index contributed by atoms with van der Waals surface area (Å²) in [5.41, 5.74) is 2.24. The van der Waals surface area contributed by atoms with Crippen molar-refractivity contribution in [2.75, 3.05) is 12.4 Å². The fourth-order valence-electron chi connectivity index (χ4n) is 3.53. The third-order valence-electron chi connectivity index (χ3n) is 4.81. The molecule has 0 aromatic heterocycles. The Hall–Kier alpha value is -2.69. The molecule has 2 aliphatic rings. The number of esters is 1. The first-order chi connectivity index (χ1) is 11.1. The van der Waals surface area contributed by atoms with Crippen molar-refractivity contribution >= 4 is 17.6 Å². The zero-order valence-electron chi connectivity index (χ0n) is 12.4. The summed E-state index contributed by atoms with van der Waals surface area (Å²) < 4.78 is 17.9. The summed E-state index contributed by atoms with van der Waals surface area (Å²) in [6.07, 6.45) is 0.655. The normalized spacial score (nSPS) is 24.3. The number of ether oxygens (including phenoxy) is 1. The number of fused-ring (bicyclic) bond motifs is 2. The highest BCUT2D eigenvalue weighted by Crippen LogP contribution is 2.64. The van der Waals surface area contributed by atoms with E-state index in [0.29, 0.717) is 12.0 Å². The van der Waals surface area contributed by atoms with Crippen molar-refractivity contribution in [1.29, 1.82) is 0 Å². The fourth-order valence-corrected chi connectivity index (χ4v) is 3.53. The number of hydrogen-bond donors (Lipinski definition) is 1. The number of amides is 1. The zero-order chi connectivity index (χ0) is 16.2.